The van der Waals surface area contributed by atoms with Crippen LogP contribution in [0.25, 0.3) is 0 Å². The first-order valence-electron chi connectivity index (χ1n) is 4.06. The van der Waals surface area contributed by atoms with Gasteiger partial charge in [-0.05, 0) is 19.3 Å². The fourth-order valence-corrected chi connectivity index (χ4v) is 1.08. The minimum Gasteiger partial charge on any atom is -1.00 e. The van der Waals surface area contributed by atoms with Crippen LogP contribution in [0.3, 0.4) is 0 Å². The number of rotatable bonds is 6. The average Bonchev–Trinajstić information content (AvgIpc) is 1.97. The molecular weight excluding hydrogens is 167 g/mol. The minimum absolute atomic E-state index is 0. The SMILES string of the molecule is CCCC(CCCO)C(=O)O.[H-].[Na+]. The Morgan fingerprint density at radius 1 is 1.50 bits per heavy atom. The molecule has 0 aliphatic heterocycles. The van der Waals surface area contributed by atoms with Crippen molar-refractivity contribution >= 4 is 5.97 Å². The van der Waals surface area contributed by atoms with Gasteiger partial charge >= 0.3 is 35.5 Å². The molecule has 0 spiro atoms. The van der Waals surface area contributed by atoms with Crippen LogP contribution in [0.4, 0.5) is 0 Å². The number of carboxylic acid groups (broad SMARTS) is 1. The molecule has 0 saturated carbocycles. The van der Waals surface area contributed by atoms with Crippen LogP contribution in [0.15, 0.2) is 0 Å². The third kappa shape index (κ3) is 7.10. The zero-order valence-corrected chi connectivity index (χ0v) is 9.92. The van der Waals surface area contributed by atoms with Crippen LogP contribution in [0.2, 0.25) is 0 Å². The Balaban J connectivity index is -0.000000500. The van der Waals surface area contributed by atoms with Crippen molar-refractivity contribution in [3.05, 3.63) is 0 Å². The third-order valence-corrected chi connectivity index (χ3v) is 1.70. The van der Waals surface area contributed by atoms with E-state index in [2.05, 4.69) is 0 Å². The molecule has 0 heterocycles. The van der Waals surface area contributed by atoms with Gasteiger partial charge in [-0.1, -0.05) is 13.3 Å². The second-order valence-corrected chi connectivity index (χ2v) is 2.69. The van der Waals surface area contributed by atoms with E-state index in [4.69, 9.17) is 10.2 Å². The summed E-state index contributed by atoms with van der Waals surface area (Å²) >= 11 is 0. The fourth-order valence-electron chi connectivity index (χ4n) is 1.08. The van der Waals surface area contributed by atoms with E-state index < -0.39 is 5.97 Å². The number of hydrogen-bond acceptors (Lipinski definition) is 2. The molecule has 0 amide bonds. The monoisotopic (exact) mass is 184 g/mol. The minimum atomic E-state index is -0.736. The Kier molecular flexibility index (Phi) is 11.8. The summed E-state index contributed by atoms with van der Waals surface area (Å²) in [6.45, 7) is 2.06. The summed E-state index contributed by atoms with van der Waals surface area (Å²) in [6, 6.07) is 0. The summed E-state index contributed by atoms with van der Waals surface area (Å²) in [4.78, 5) is 10.5. The number of aliphatic hydroxyl groups is 1. The Morgan fingerprint density at radius 2 is 2.08 bits per heavy atom. The van der Waals surface area contributed by atoms with Gasteiger partial charge in [0.15, 0.2) is 0 Å². The molecule has 4 heteroatoms. The molecule has 0 bridgehead atoms. The second-order valence-electron chi connectivity index (χ2n) is 2.69. The first-order valence-corrected chi connectivity index (χ1v) is 4.06. The number of hydrogen-bond donors (Lipinski definition) is 2. The number of carbonyl (C=O) groups is 1. The smallest absolute Gasteiger partial charge is 1.00 e. The van der Waals surface area contributed by atoms with Gasteiger partial charge in [0.05, 0.1) is 5.92 Å². The largest absolute Gasteiger partial charge is 1.00 e. The summed E-state index contributed by atoms with van der Waals surface area (Å²) in [5.74, 6) is -0.993. The molecule has 2 N–H and O–H groups in total. The molecule has 1 atom stereocenters. The van der Waals surface area contributed by atoms with Crippen LogP contribution in [0.1, 0.15) is 34.0 Å². The number of carboxylic acids is 1. The van der Waals surface area contributed by atoms with E-state index in [0.29, 0.717) is 12.8 Å². The third-order valence-electron chi connectivity index (χ3n) is 1.70. The van der Waals surface area contributed by atoms with E-state index in [-0.39, 0.29) is 43.5 Å². The van der Waals surface area contributed by atoms with E-state index in [0.717, 1.165) is 12.8 Å². The molecular formula is C8H17NaO3. The van der Waals surface area contributed by atoms with Crippen molar-refractivity contribution in [1.82, 2.24) is 0 Å². The van der Waals surface area contributed by atoms with Gasteiger partial charge in [-0.2, -0.15) is 0 Å². The molecule has 68 valence electrons. The summed E-state index contributed by atoms with van der Waals surface area (Å²) in [7, 11) is 0. The zero-order chi connectivity index (χ0) is 8.69. The van der Waals surface area contributed by atoms with Crippen molar-refractivity contribution in [1.29, 1.82) is 0 Å². The predicted octanol–water partition coefficient (Wildman–Crippen LogP) is -1.62. The van der Waals surface area contributed by atoms with E-state index >= 15 is 0 Å². The van der Waals surface area contributed by atoms with Crippen LogP contribution in [-0.2, 0) is 4.79 Å². The van der Waals surface area contributed by atoms with Gasteiger partial charge in [0, 0.05) is 6.61 Å². The molecule has 0 aromatic rings. The Bertz CT molecular complexity index is 122. The Morgan fingerprint density at radius 3 is 2.42 bits per heavy atom. The van der Waals surface area contributed by atoms with Crippen molar-refractivity contribution in [3.63, 3.8) is 0 Å². The first-order chi connectivity index (χ1) is 5.22. The van der Waals surface area contributed by atoms with Crippen molar-refractivity contribution in [3.8, 4) is 0 Å². The van der Waals surface area contributed by atoms with E-state index in [1.807, 2.05) is 6.92 Å². The van der Waals surface area contributed by atoms with Crippen molar-refractivity contribution in [2.45, 2.75) is 32.6 Å². The van der Waals surface area contributed by atoms with Crippen molar-refractivity contribution in [2.24, 2.45) is 5.92 Å². The molecule has 12 heavy (non-hydrogen) atoms. The molecule has 0 saturated heterocycles. The van der Waals surface area contributed by atoms with Gasteiger partial charge in [-0.3, -0.25) is 4.79 Å². The average molecular weight is 184 g/mol. The predicted molar refractivity (Wildman–Crippen MR) is 43.5 cm³/mol. The maximum Gasteiger partial charge on any atom is 1.00 e. The van der Waals surface area contributed by atoms with Crippen molar-refractivity contribution < 1.29 is 46.0 Å². The summed E-state index contributed by atoms with van der Waals surface area (Å²) in [5, 5.41) is 17.1. The molecule has 1 unspecified atom stereocenters. The standard InChI is InChI=1S/C8H16O3.Na.H/c1-2-4-7(8(10)11)5-3-6-9;;/h7,9H,2-6H2,1H3,(H,10,11);;/q;+1;-1. The molecule has 0 aromatic carbocycles. The van der Waals surface area contributed by atoms with E-state index in [1.165, 1.54) is 0 Å². The van der Waals surface area contributed by atoms with Gasteiger partial charge < -0.3 is 11.6 Å². The molecule has 3 nitrogen and oxygen atoms in total. The van der Waals surface area contributed by atoms with Crippen LogP contribution >= 0.6 is 0 Å². The Labute approximate surface area is 96.9 Å². The maximum absolute atomic E-state index is 10.5. The molecule has 0 aromatic heterocycles. The Hall–Kier alpha value is 0.430. The van der Waals surface area contributed by atoms with Crippen LogP contribution in [0.5, 0.6) is 0 Å². The van der Waals surface area contributed by atoms with E-state index in [1.54, 1.807) is 0 Å². The van der Waals surface area contributed by atoms with Gasteiger partial charge in [0.25, 0.3) is 0 Å². The zero-order valence-electron chi connectivity index (χ0n) is 8.92. The first kappa shape index (κ1) is 14.9. The van der Waals surface area contributed by atoms with Crippen molar-refractivity contribution in [2.75, 3.05) is 6.61 Å². The summed E-state index contributed by atoms with van der Waals surface area (Å²) in [6.07, 6.45) is 2.80. The van der Waals surface area contributed by atoms with Gasteiger partial charge in [-0.15, -0.1) is 0 Å². The molecule has 0 aliphatic carbocycles. The summed E-state index contributed by atoms with van der Waals surface area (Å²) < 4.78 is 0. The molecule has 0 aliphatic rings. The van der Waals surface area contributed by atoms with E-state index in [9.17, 15) is 4.79 Å². The van der Waals surface area contributed by atoms with Gasteiger partial charge in [0.1, 0.15) is 0 Å². The maximum atomic E-state index is 10.5. The fraction of sp³-hybridized carbons (Fsp3) is 0.875. The molecule has 0 radical (unpaired) electrons. The number of aliphatic carboxylic acids is 1. The summed E-state index contributed by atoms with van der Waals surface area (Å²) in [5.41, 5.74) is 0. The molecule has 0 rings (SSSR count). The topological polar surface area (TPSA) is 57.5 Å². The second kappa shape index (κ2) is 9.52. The van der Waals surface area contributed by atoms with Gasteiger partial charge in [-0.25, -0.2) is 0 Å². The molecule has 0 fully saturated rings. The van der Waals surface area contributed by atoms with Crippen LogP contribution in [-0.4, -0.2) is 22.8 Å². The normalized spacial score (nSPS) is 11.8. The quantitative estimate of drug-likeness (QED) is 0.488. The number of aliphatic hydroxyl groups excluding tert-OH is 1. The van der Waals surface area contributed by atoms with Crippen LogP contribution < -0.4 is 29.6 Å². The van der Waals surface area contributed by atoms with Crippen LogP contribution in [0, 0.1) is 5.92 Å². The van der Waals surface area contributed by atoms with Gasteiger partial charge in [0.2, 0.25) is 0 Å².